The molecule has 0 aromatic rings. The second-order valence-corrected chi connectivity index (χ2v) is 6.63. The SMILES string of the molecule is CCN(CC)C(=O)[C@H](C)N1CCC[C@H]([C@]2(C)NC(=O)NC2=O)C1. The van der Waals surface area contributed by atoms with Crippen molar-refractivity contribution in [1.82, 2.24) is 20.4 Å². The van der Waals surface area contributed by atoms with Gasteiger partial charge in [-0.3, -0.25) is 19.8 Å². The highest BCUT2D eigenvalue weighted by molar-refractivity contribution is 6.07. The number of imide groups is 1. The summed E-state index contributed by atoms with van der Waals surface area (Å²) in [6.45, 7) is 10.5. The van der Waals surface area contributed by atoms with Gasteiger partial charge in [0, 0.05) is 25.6 Å². The molecule has 3 atom stereocenters. The van der Waals surface area contributed by atoms with Crippen LogP contribution in [0.3, 0.4) is 0 Å². The van der Waals surface area contributed by atoms with Gasteiger partial charge in [-0.25, -0.2) is 4.79 Å². The smallest absolute Gasteiger partial charge is 0.322 e. The van der Waals surface area contributed by atoms with E-state index in [1.54, 1.807) is 6.92 Å². The Labute approximate surface area is 137 Å². The van der Waals surface area contributed by atoms with Crippen molar-refractivity contribution in [2.24, 2.45) is 5.92 Å². The molecule has 7 nitrogen and oxygen atoms in total. The fourth-order valence-corrected chi connectivity index (χ4v) is 3.63. The molecule has 2 fully saturated rings. The average Bonchev–Trinajstić information content (AvgIpc) is 2.81. The Balaban J connectivity index is 2.07. The van der Waals surface area contributed by atoms with E-state index >= 15 is 0 Å². The van der Waals surface area contributed by atoms with Crippen LogP contribution in [-0.2, 0) is 9.59 Å². The largest absolute Gasteiger partial charge is 0.342 e. The van der Waals surface area contributed by atoms with Crippen molar-refractivity contribution in [3.63, 3.8) is 0 Å². The molecule has 0 aromatic carbocycles. The van der Waals surface area contributed by atoms with Gasteiger partial charge >= 0.3 is 6.03 Å². The van der Waals surface area contributed by atoms with Gasteiger partial charge in [0.05, 0.1) is 6.04 Å². The van der Waals surface area contributed by atoms with Crippen LogP contribution in [0, 0.1) is 5.92 Å². The molecule has 0 aliphatic carbocycles. The number of urea groups is 1. The van der Waals surface area contributed by atoms with Crippen molar-refractivity contribution < 1.29 is 14.4 Å². The number of amides is 4. The number of hydrogen-bond acceptors (Lipinski definition) is 4. The third-order valence-electron chi connectivity index (χ3n) is 5.32. The first-order chi connectivity index (χ1) is 10.8. The molecule has 2 rings (SSSR count). The Morgan fingerprint density at radius 3 is 2.57 bits per heavy atom. The van der Waals surface area contributed by atoms with E-state index in [0.29, 0.717) is 19.6 Å². The van der Waals surface area contributed by atoms with Crippen LogP contribution < -0.4 is 10.6 Å². The molecule has 2 heterocycles. The van der Waals surface area contributed by atoms with Crippen LogP contribution in [-0.4, -0.2) is 65.4 Å². The maximum Gasteiger partial charge on any atom is 0.322 e. The summed E-state index contributed by atoms with van der Waals surface area (Å²) in [4.78, 5) is 40.1. The highest BCUT2D eigenvalue weighted by atomic mass is 16.2. The van der Waals surface area contributed by atoms with Crippen molar-refractivity contribution in [2.45, 2.75) is 52.1 Å². The number of piperidine rings is 1. The molecule has 0 unspecified atom stereocenters. The van der Waals surface area contributed by atoms with Crippen molar-refractivity contribution in [3.05, 3.63) is 0 Å². The monoisotopic (exact) mass is 324 g/mol. The lowest BCUT2D eigenvalue weighted by Crippen LogP contribution is -2.58. The lowest BCUT2D eigenvalue weighted by Gasteiger charge is -2.42. The van der Waals surface area contributed by atoms with Gasteiger partial charge in [0.25, 0.3) is 5.91 Å². The third-order valence-corrected chi connectivity index (χ3v) is 5.32. The van der Waals surface area contributed by atoms with Crippen LogP contribution in [0.25, 0.3) is 0 Å². The lowest BCUT2D eigenvalue weighted by atomic mass is 9.79. The number of nitrogens with zero attached hydrogens (tertiary/aromatic N) is 2. The normalized spacial score (nSPS) is 29.8. The Bertz CT molecular complexity index is 492. The van der Waals surface area contributed by atoms with Gasteiger partial charge in [0.2, 0.25) is 5.91 Å². The number of hydrogen-bond donors (Lipinski definition) is 2. The molecule has 130 valence electrons. The molecule has 0 aromatic heterocycles. The van der Waals surface area contributed by atoms with Crippen molar-refractivity contribution in [1.29, 1.82) is 0 Å². The van der Waals surface area contributed by atoms with Crippen LogP contribution in [0.15, 0.2) is 0 Å². The van der Waals surface area contributed by atoms with E-state index in [4.69, 9.17) is 0 Å². The van der Waals surface area contributed by atoms with E-state index in [2.05, 4.69) is 15.5 Å². The predicted octanol–water partition coefficient (Wildman–Crippen LogP) is 0.553. The Morgan fingerprint density at radius 2 is 2.04 bits per heavy atom. The number of likely N-dealkylation sites (N-methyl/N-ethyl adjacent to an activating group) is 1. The van der Waals surface area contributed by atoms with E-state index in [9.17, 15) is 14.4 Å². The molecule has 0 saturated carbocycles. The zero-order valence-electron chi connectivity index (χ0n) is 14.5. The first kappa shape index (κ1) is 17.7. The Morgan fingerprint density at radius 1 is 1.39 bits per heavy atom. The molecule has 0 spiro atoms. The summed E-state index contributed by atoms with van der Waals surface area (Å²) in [6.07, 6.45) is 1.78. The standard InChI is InChI=1S/C16H28N4O3/c1-5-19(6-2)13(21)11(3)20-9-7-8-12(10-20)16(4)14(22)17-15(23)18-16/h11-12H,5-10H2,1-4H3,(H2,17,18,22,23)/t11-,12-,16-/m0/s1. The summed E-state index contributed by atoms with van der Waals surface area (Å²) >= 11 is 0. The summed E-state index contributed by atoms with van der Waals surface area (Å²) in [5.74, 6) is -0.132. The second-order valence-electron chi connectivity index (χ2n) is 6.63. The highest BCUT2D eigenvalue weighted by Gasteiger charge is 2.49. The summed E-state index contributed by atoms with van der Waals surface area (Å²) in [7, 11) is 0. The summed E-state index contributed by atoms with van der Waals surface area (Å²) in [5.41, 5.74) is -0.881. The minimum atomic E-state index is -0.881. The number of likely N-dealkylation sites (tertiary alicyclic amines) is 1. The Hall–Kier alpha value is -1.63. The quantitative estimate of drug-likeness (QED) is 0.724. The average molecular weight is 324 g/mol. The van der Waals surface area contributed by atoms with Gasteiger partial charge in [-0.05, 0) is 47.1 Å². The molecular formula is C16H28N4O3. The van der Waals surface area contributed by atoms with Crippen molar-refractivity contribution >= 4 is 17.8 Å². The van der Waals surface area contributed by atoms with Gasteiger partial charge in [0.15, 0.2) is 0 Å². The molecule has 0 radical (unpaired) electrons. The topological polar surface area (TPSA) is 81.8 Å². The summed E-state index contributed by atoms with van der Waals surface area (Å²) < 4.78 is 0. The van der Waals surface area contributed by atoms with Crippen LogP contribution in [0.4, 0.5) is 4.79 Å². The first-order valence-electron chi connectivity index (χ1n) is 8.49. The number of carbonyl (C=O) groups excluding carboxylic acids is 3. The zero-order chi connectivity index (χ0) is 17.2. The number of carbonyl (C=O) groups is 3. The number of rotatable bonds is 5. The van der Waals surface area contributed by atoms with Crippen molar-refractivity contribution in [3.8, 4) is 0 Å². The molecule has 2 aliphatic heterocycles. The first-order valence-corrected chi connectivity index (χ1v) is 8.49. The molecule has 7 heteroatoms. The predicted molar refractivity (Wildman–Crippen MR) is 86.8 cm³/mol. The van der Waals surface area contributed by atoms with Crippen molar-refractivity contribution in [2.75, 3.05) is 26.2 Å². The fraction of sp³-hybridized carbons (Fsp3) is 0.812. The van der Waals surface area contributed by atoms with E-state index in [1.165, 1.54) is 0 Å². The van der Waals surface area contributed by atoms with E-state index in [0.717, 1.165) is 19.4 Å². The highest BCUT2D eigenvalue weighted by Crippen LogP contribution is 2.30. The van der Waals surface area contributed by atoms with Gasteiger partial charge < -0.3 is 10.2 Å². The van der Waals surface area contributed by atoms with E-state index in [-0.39, 0.29) is 23.8 Å². The summed E-state index contributed by atoms with van der Waals surface area (Å²) in [6, 6.07) is -0.636. The van der Waals surface area contributed by atoms with Crippen LogP contribution in [0.1, 0.15) is 40.5 Å². The van der Waals surface area contributed by atoms with Crippen LogP contribution in [0.2, 0.25) is 0 Å². The van der Waals surface area contributed by atoms with Gasteiger partial charge in [-0.2, -0.15) is 0 Å². The zero-order valence-corrected chi connectivity index (χ0v) is 14.5. The molecule has 2 aliphatic rings. The van der Waals surface area contributed by atoms with Gasteiger partial charge in [-0.1, -0.05) is 0 Å². The van der Waals surface area contributed by atoms with E-state index < -0.39 is 11.6 Å². The molecule has 0 bridgehead atoms. The second kappa shape index (κ2) is 6.86. The van der Waals surface area contributed by atoms with E-state index in [1.807, 2.05) is 25.7 Å². The molecule has 2 saturated heterocycles. The summed E-state index contributed by atoms with van der Waals surface area (Å²) in [5, 5.41) is 5.09. The number of nitrogens with one attached hydrogen (secondary N) is 2. The molecule has 2 N–H and O–H groups in total. The Kier molecular flexibility index (Phi) is 5.29. The molecular weight excluding hydrogens is 296 g/mol. The maximum atomic E-state index is 12.6. The van der Waals surface area contributed by atoms with Crippen LogP contribution in [0.5, 0.6) is 0 Å². The van der Waals surface area contributed by atoms with Gasteiger partial charge in [0.1, 0.15) is 5.54 Å². The maximum absolute atomic E-state index is 12.6. The van der Waals surface area contributed by atoms with Crippen LogP contribution >= 0.6 is 0 Å². The molecule has 23 heavy (non-hydrogen) atoms. The lowest BCUT2D eigenvalue weighted by molar-refractivity contribution is -0.137. The van der Waals surface area contributed by atoms with Gasteiger partial charge in [-0.15, -0.1) is 0 Å². The fourth-order valence-electron chi connectivity index (χ4n) is 3.63. The third kappa shape index (κ3) is 3.34. The molecule has 4 amide bonds. The minimum absolute atomic E-state index is 0.00894. The minimum Gasteiger partial charge on any atom is -0.342 e.